The van der Waals surface area contributed by atoms with Gasteiger partial charge in [-0.3, -0.25) is 13.9 Å². The standard InChI is InChI=1S/C19H28N2O5S/c1-13-6-7-17(12-14(13)2)21(27(5,24)25)15(3)18(22)20-10-8-16(9-11-20)19(23)26-4/h6-7,12,15-16H,8-11H2,1-5H3/t15-/m0/s1. The van der Waals surface area contributed by atoms with Crippen molar-refractivity contribution in [2.24, 2.45) is 5.92 Å². The minimum atomic E-state index is -3.65. The summed E-state index contributed by atoms with van der Waals surface area (Å²) in [5.74, 6) is -0.731. The van der Waals surface area contributed by atoms with Gasteiger partial charge in [0.15, 0.2) is 0 Å². The number of anilines is 1. The molecule has 1 fully saturated rings. The number of rotatable bonds is 5. The number of aryl methyl sites for hydroxylation is 2. The summed E-state index contributed by atoms with van der Waals surface area (Å²) in [6, 6.07) is 4.49. The molecule has 0 aromatic heterocycles. The first-order valence-electron chi connectivity index (χ1n) is 8.99. The van der Waals surface area contributed by atoms with Crippen LogP contribution in [0.4, 0.5) is 5.69 Å². The molecule has 0 N–H and O–H groups in total. The molecule has 150 valence electrons. The number of piperidine rings is 1. The second kappa shape index (κ2) is 8.29. The quantitative estimate of drug-likeness (QED) is 0.710. The van der Waals surface area contributed by atoms with Crippen molar-refractivity contribution in [3.63, 3.8) is 0 Å². The maximum absolute atomic E-state index is 13.0. The number of methoxy groups -OCH3 is 1. The van der Waals surface area contributed by atoms with Crippen molar-refractivity contribution in [1.29, 1.82) is 0 Å². The van der Waals surface area contributed by atoms with E-state index in [0.29, 0.717) is 31.6 Å². The number of hydrogen-bond acceptors (Lipinski definition) is 5. The fourth-order valence-corrected chi connectivity index (χ4v) is 4.59. The molecule has 0 spiro atoms. The third-order valence-corrected chi connectivity index (χ3v) is 6.39. The number of esters is 1. The Hall–Kier alpha value is -2.09. The molecular formula is C19H28N2O5S. The molecule has 7 nitrogen and oxygen atoms in total. The Morgan fingerprint density at radius 1 is 1.19 bits per heavy atom. The Bertz CT molecular complexity index is 813. The molecule has 1 saturated heterocycles. The minimum absolute atomic E-state index is 0.208. The molecule has 1 aliphatic rings. The predicted octanol–water partition coefficient (Wildman–Crippen LogP) is 1.87. The summed E-state index contributed by atoms with van der Waals surface area (Å²) in [5.41, 5.74) is 2.49. The molecule has 1 aromatic carbocycles. The maximum Gasteiger partial charge on any atom is 0.308 e. The highest BCUT2D eigenvalue weighted by molar-refractivity contribution is 7.92. The fourth-order valence-electron chi connectivity index (χ4n) is 3.43. The lowest BCUT2D eigenvalue weighted by Gasteiger charge is -2.36. The van der Waals surface area contributed by atoms with Gasteiger partial charge >= 0.3 is 5.97 Å². The Kier molecular flexibility index (Phi) is 6.51. The maximum atomic E-state index is 13.0. The van der Waals surface area contributed by atoms with Crippen molar-refractivity contribution >= 4 is 27.6 Å². The molecule has 1 aromatic rings. The molecule has 0 unspecified atom stereocenters. The van der Waals surface area contributed by atoms with Gasteiger partial charge in [0, 0.05) is 13.1 Å². The van der Waals surface area contributed by atoms with Crippen molar-refractivity contribution in [1.82, 2.24) is 4.90 Å². The van der Waals surface area contributed by atoms with E-state index in [2.05, 4.69) is 0 Å². The van der Waals surface area contributed by atoms with Crippen LogP contribution in [0.3, 0.4) is 0 Å². The van der Waals surface area contributed by atoms with Gasteiger partial charge in [-0.25, -0.2) is 8.42 Å². The lowest BCUT2D eigenvalue weighted by molar-refractivity contribution is -0.149. The van der Waals surface area contributed by atoms with Gasteiger partial charge in [0.05, 0.1) is 25.0 Å². The van der Waals surface area contributed by atoms with Crippen LogP contribution in [-0.4, -0.2) is 57.7 Å². The zero-order chi connectivity index (χ0) is 20.4. The summed E-state index contributed by atoms with van der Waals surface area (Å²) >= 11 is 0. The van der Waals surface area contributed by atoms with Crippen LogP contribution in [0.5, 0.6) is 0 Å². The average molecular weight is 397 g/mol. The number of ether oxygens (including phenoxy) is 1. The molecule has 1 amide bonds. The molecule has 1 aliphatic heterocycles. The summed E-state index contributed by atoms with van der Waals surface area (Å²) in [4.78, 5) is 26.2. The van der Waals surface area contributed by atoms with E-state index in [1.54, 1.807) is 24.0 Å². The first kappa shape index (κ1) is 21.2. The van der Waals surface area contributed by atoms with Crippen LogP contribution in [0.15, 0.2) is 18.2 Å². The van der Waals surface area contributed by atoms with Crippen molar-refractivity contribution < 1.29 is 22.7 Å². The second-order valence-electron chi connectivity index (χ2n) is 7.13. The summed E-state index contributed by atoms with van der Waals surface area (Å²) < 4.78 is 30.8. The number of hydrogen-bond donors (Lipinski definition) is 0. The molecule has 2 rings (SSSR count). The van der Waals surface area contributed by atoms with Gasteiger partial charge in [-0.05, 0) is 56.9 Å². The third-order valence-electron chi connectivity index (χ3n) is 5.15. The van der Waals surface area contributed by atoms with Crippen LogP contribution < -0.4 is 4.31 Å². The topological polar surface area (TPSA) is 84.0 Å². The largest absolute Gasteiger partial charge is 0.469 e. The third kappa shape index (κ3) is 4.80. The van der Waals surface area contributed by atoms with Crippen molar-refractivity contribution in [2.45, 2.75) is 39.7 Å². The molecule has 0 saturated carbocycles. The summed E-state index contributed by atoms with van der Waals surface area (Å²) in [6.07, 6.45) is 2.15. The zero-order valence-electron chi connectivity index (χ0n) is 16.6. The zero-order valence-corrected chi connectivity index (χ0v) is 17.4. The molecule has 0 radical (unpaired) electrons. The highest BCUT2D eigenvalue weighted by atomic mass is 32.2. The average Bonchev–Trinajstić information content (AvgIpc) is 2.62. The molecule has 1 heterocycles. The molecule has 0 aliphatic carbocycles. The highest BCUT2D eigenvalue weighted by Gasteiger charge is 2.35. The van der Waals surface area contributed by atoms with Crippen LogP contribution in [0, 0.1) is 19.8 Å². The van der Waals surface area contributed by atoms with E-state index < -0.39 is 16.1 Å². The summed E-state index contributed by atoms with van der Waals surface area (Å²) in [6.45, 7) is 6.28. The number of nitrogens with zero attached hydrogens (tertiary/aromatic N) is 2. The van der Waals surface area contributed by atoms with E-state index in [0.717, 1.165) is 17.4 Å². The predicted molar refractivity (Wildman–Crippen MR) is 104 cm³/mol. The van der Waals surface area contributed by atoms with Crippen LogP contribution >= 0.6 is 0 Å². The van der Waals surface area contributed by atoms with E-state index in [-0.39, 0.29) is 17.8 Å². The van der Waals surface area contributed by atoms with Crippen LogP contribution in [0.1, 0.15) is 30.9 Å². The number of benzene rings is 1. The van der Waals surface area contributed by atoms with Crippen molar-refractivity contribution in [2.75, 3.05) is 30.8 Å². The summed E-state index contributed by atoms with van der Waals surface area (Å²) in [7, 11) is -2.29. The first-order chi connectivity index (χ1) is 12.6. The Balaban J connectivity index is 2.21. The lowest BCUT2D eigenvalue weighted by Crippen LogP contribution is -2.51. The van der Waals surface area contributed by atoms with Gasteiger partial charge in [-0.1, -0.05) is 6.07 Å². The first-order valence-corrected chi connectivity index (χ1v) is 10.8. The van der Waals surface area contributed by atoms with E-state index in [9.17, 15) is 18.0 Å². The van der Waals surface area contributed by atoms with E-state index in [4.69, 9.17) is 4.74 Å². The minimum Gasteiger partial charge on any atom is -0.469 e. The Morgan fingerprint density at radius 2 is 1.78 bits per heavy atom. The van der Waals surface area contributed by atoms with Crippen molar-refractivity contribution in [3.05, 3.63) is 29.3 Å². The Labute approximate surface area is 161 Å². The van der Waals surface area contributed by atoms with E-state index in [1.165, 1.54) is 11.4 Å². The van der Waals surface area contributed by atoms with E-state index >= 15 is 0 Å². The number of sulfonamides is 1. The molecule has 0 bridgehead atoms. The molecule has 8 heteroatoms. The number of amides is 1. The van der Waals surface area contributed by atoms with E-state index in [1.807, 2.05) is 19.9 Å². The summed E-state index contributed by atoms with van der Waals surface area (Å²) in [5, 5.41) is 0. The number of carbonyl (C=O) groups excluding carboxylic acids is 2. The van der Waals surface area contributed by atoms with Crippen molar-refractivity contribution in [3.8, 4) is 0 Å². The van der Waals surface area contributed by atoms with Crippen LogP contribution in [0.2, 0.25) is 0 Å². The highest BCUT2D eigenvalue weighted by Crippen LogP contribution is 2.26. The normalized spacial score (nSPS) is 16.7. The molecule has 1 atom stereocenters. The van der Waals surface area contributed by atoms with Gasteiger partial charge < -0.3 is 9.64 Å². The Morgan fingerprint density at radius 3 is 2.26 bits per heavy atom. The van der Waals surface area contributed by atoms with Crippen LogP contribution in [0.25, 0.3) is 0 Å². The van der Waals surface area contributed by atoms with Gasteiger partial charge in [-0.2, -0.15) is 0 Å². The monoisotopic (exact) mass is 396 g/mol. The fraction of sp³-hybridized carbons (Fsp3) is 0.579. The van der Waals surface area contributed by atoms with Gasteiger partial charge in [-0.15, -0.1) is 0 Å². The molecular weight excluding hydrogens is 368 g/mol. The second-order valence-corrected chi connectivity index (χ2v) is 8.99. The van der Waals surface area contributed by atoms with Gasteiger partial charge in [0.2, 0.25) is 15.9 Å². The van der Waals surface area contributed by atoms with Gasteiger partial charge in [0.1, 0.15) is 6.04 Å². The smallest absolute Gasteiger partial charge is 0.308 e. The van der Waals surface area contributed by atoms with Gasteiger partial charge in [0.25, 0.3) is 0 Å². The number of carbonyl (C=O) groups is 2. The number of likely N-dealkylation sites (tertiary alicyclic amines) is 1. The SMILES string of the molecule is COC(=O)C1CCN(C(=O)[C@H](C)N(c2ccc(C)c(C)c2)S(C)(=O)=O)CC1. The molecule has 27 heavy (non-hydrogen) atoms. The van der Waals surface area contributed by atoms with Crippen LogP contribution in [-0.2, 0) is 24.3 Å². The lowest BCUT2D eigenvalue weighted by atomic mass is 9.96.